The van der Waals surface area contributed by atoms with Gasteiger partial charge in [0.2, 0.25) is 11.8 Å². The predicted molar refractivity (Wildman–Crippen MR) is 133 cm³/mol. The average Bonchev–Trinajstić information content (AvgIpc) is 2.76. The zero-order valence-corrected chi connectivity index (χ0v) is 20.8. The Kier molecular flexibility index (Phi) is 10.6. The lowest BCUT2D eigenvalue weighted by atomic mass is 10.1. The third kappa shape index (κ3) is 7.90. The number of nitrogens with one attached hydrogen (secondary N) is 1. The number of aryl methyl sites for hydroxylation is 2. The van der Waals surface area contributed by atoms with Crippen molar-refractivity contribution in [1.29, 1.82) is 0 Å². The number of thioether (sulfide) groups is 1. The maximum Gasteiger partial charge on any atom is 0.242 e. The van der Waals surface area contributed by atoms with Gasteiger partial charge in [0.15, 0.2) is 0 Å². The van der Waals surface area contributed by atoms with Crippen LogP contribution in [0.25, 0.3) is 0 Å². The van der Waals surface area contributed by atoms with Gasteiger partial charge < -0.3 is 15.0 Å². The molecule has 2 rings (SSSR count). The molecule has 2 aromatic carbocycles. The van der Waals surface area contributed by atoms with Gasteiger partial charge in [-0.05, 0) is 49.9 Å². The maximum absolute atomic E-state index is 13.3. The first-order valence-electron chi connectivity index (χ1n) is 11.2. The highest BCUT2D eigenvalue weighted by atomic mass is 32.2. The quantitative estimate of drug-likeness (QED) is 0.495. The van der Waals surface area contributed by atoms with Gasteiger partial charge in [-0.3, -0.25) is 9.59 Å². The number of carbonyl (C=O) groups is 2. The monoisotopic (exact) mass is 456 g/mol. The van der Waals surface area contributed by atoms with E-state index in [0.717, 1.165) is 23.5 Å². The summed E-state index contributed by atoms with van der Waals surface area (Å²) in [6.07, 6.45) is 1.42. The maximum atomic E-state index is 13.3. The first-order valence-corrected chi connectivity index (χ1v) is 12.4. The van der Waals surface area contributed by atoms with E-state index in [1.807, 2.05) is 38.1 Å². The van der Waals surface area contributed by atoms with Crippen LogP contribution in [0.5, 0.6) is 5.75 Å². The van der Waals surface area contributed by atoms with Crippen LogP contribution in [0.1, 0.15) is 48.9 Å². The van der Waals surface area contributed by atoms with Crippen LogP contribution in [0.3, 0.4) is 0 Å². The lowest BCUT2D eigenvalue weighted by Gasteiger charge is -2.30. The molecule has 174 valence electrons. The molecule has 0 saturated carbocycles. The van der Waals surface area contributed by atoms with Crippen LogP contribution in [-0.4, -0.2) is 42.2 Å². The van der Waals surface area contributed by atoms with Gasteiger partial charge in [0, 0.05) is 18.8 Å². The lowest BCUT2D eigenvalue weighted by molar-refractivity contribution is -0.139. The topological polar surface area (TPSA) is 58.6 Å². The van der Waals surface area contributed by atoms with Crippen molar-refractivity contribution in [3.8, 4) is 5.75 Å². The smallest absolute Gasteiger partial charge is 0.242 e. The van der Waals surface area contributed by atoms with Gasteiger partial charge >= 0.3 is 0 Å². The number of amides is 2. The first kappa shape index (κ1) is 25.8. The van der Waals surface area contributed by atoms with Gasteiger partial charge in [0.1, 0.15) is 11.8 Å². The highest BCUT2D eigenvalue weighted by Crippen LogP contribution is 2.20. The normalized spacial score (nSPS) is 11.7. The Morgan fingerprint density at radius 2 is 1.78 bits per heavy atom. The molecule has 0 aliphatic heterocycles. The third-order valence-corrected chi connectivity index (χ3v) is 6.19. The molecule has 0 unspecified atom stereocenters. The fraction of sp³-hybridized carbons (Fsp3) is 0.462. The Bertz CT molecular complexity index is 880. The van der Waals surface area contributed by atoms with Gasteiger partial charge in [-0.1, -0.05) is 55.3 Å². The van der Waals surface area contributed by atoms with Crippen molar-refractivity contribution >= 4 is 23.6 Å². The van der Waals surface area contributed by atoms with Crippen molar-refractivity contribution < 1.29 is 14.3 Å². The highest BCUT2D eigenvalue weighted by Gasteiger charge is 2.28. The number of hydrogen-bond donors (Lipinski definition) is 1. The number of hydrogen-bond acceptors (Lipinski definition) is 4. The summed E-state index contributed by atoms with van der Waals surface area (Å²) in [5, 5.41) is 2.96. The van der Waals surface area contributed by atoms with Crippen LogP contribution in [0.2, 0.25) is 0 Å². The molecule has 0 saturated heterocycles. The summed E-state index contributed by atoms with van der Waals surface area (Å²) < 4.78 is 5.33. The Balaban J connectivity index is 2.15. The summed E-state index contributed by atoms with van der Waals surface area (Å²) >= 11 is 1.59. The fourth-order valence-corrected chi connectivity index (χ4v) is 4.59. The number of carbonyl (C=O) groups excluding carboxylic acids is 2. The second kappa shape index (κ2) is 13.2. The van der Waals surface area contributed by atoms with Crippen LogP contribution >= 0.6 is 11.8 Å². The molecule has 0 aliphatic carbocycles. The SMILES string of the molecule is CCCNC(=O)[C@@H](CC)N(Cc1cccc(OC)c1)C(=O)CSCc1cc(C)cc(C)c1. The number of ether oxygens (including phenoxy) is 1. The molecule has 0 fully saturated rings. The molecule has 1 N–H and O–H groups in total. The van der Waals surface area contributed by atoms with Gasteiger partial charge in [0.05, 0.1) is 12.9 Å². The molecule has 2 amide bonds. The third-order valence-electron chi connectivity index (χ3n) is 5.20. The number of rotatable bonds is 12. The molecule has 1 atom stereocenters. The second-order valence-corrected chi connectivity index (χ2v) is 9.06. The van der Waals surface area contributed by atoms with Crippen molar-refractivity contribution in [2.24, 2.45) is 0 Å². The van der Waals surface area contributed by atoms with Gasteiger partial charge in [-0.2, -0.15) is 0 Å². The highest BCUT2D eigenvalue weighted by molar-refractivity contribution is 7.99. The molecule has 6 heteroatoms. The number of benzene rings is 2. The molecule has 0 heterocycles. The van der Waals surface area contributed by atoms with Crippen LogP contribution in [0.4, 0.5) is 0 Å². The molecular weight excluding hydrogens is 420 g/mol. The number of nitrogens with zero attached hydrogens (tertiary/aromatic N) is 1. The van der Waals surface area contributed by atoms with Crippen LogP contribution in [0, 0.1) is 13.8 Å². The van der Waals surface area contributed by atoms with Crippen molar-refractivity contribution in [3.63, 3.8) is 0 Å². The average molecular weight is 457 g/mol. The van der Waals surface area contributed by atoms with E-state index in [4.69, 9.17) is 4.74 Å². The first-order chi connectivity index (χ1) is 15.4. The Hall–Kier alpha value is -2.47. The zero-order valence-electron chi connectivity index (χ0n) is 19.9. The summed E-state index contributed by atoms with van der Waals surface area (Å²) in [7, 11) is 1.62. The summed E-state index contributed by atoms with van der Waals surface area (Å²) in [6.45, 7) is 9.12. The van der Waals surface area contributed by atoms with E-state index in [-0.39, 0.29) is 11.8 Å². The van der Waals surface area contributed by atoms with Gasteiger partial charge in [-0.15, -0.1) is 11.8 Å². The largest absolute Gasteiger partial charge is 0.497 e. The van der Waals surface area contributed by atoms with Gasteiger partial charge in [-0.25, -0.2) is 0 Å². The zero-order chi connectivity index (χ0) is 23.5. The van der Waals surface area contributed by atoms with Crippen molar-refractivity contribution in [1.82, 2.24) is 10.2 Å². The standard InChI is InChI=1S/C26H36N2O3S/c1-6-11-27-26(30)24(7-2)28(16-21-9-8-10-23(15-21)31-5)25(29)18-32-17-22-13-19(3)12-20(4)14-22/h8-10,12-15,24H,6-7,11,16-18H2,1-5H3,(H,27,30)/t24-/m1/s1. The predicted octanol–water partition coefficient (Wildman–Crippen LogP) is 4.88. The summed E-state index contributed by atoms with van der Waals surface area (Å²) in [6, 6.07) is 13.6. The fourth-order valence-electron chi connectivity index (χ4n) is 3.74. The minimum absolute atomic E-state index is 0.0271. The Morgan fingerprint density at radius 3 is 2.41 bits per heavy atom. The van der Waals surface area contributed by atoms with Crippen LogP contribution in [0.15, 0.2) is 42.5 Å². The molecule has 2 aromatic rings. The second-order valence-electron chi connectivity index (χ2n) is 8.08. The van der Waals surface area contributed by atoms with Crippen LogP contribution < -0.4 is 10.1 Å². The molecular formula is C26H36N2O3S. The van der Waals surface area contributed by atoms with Crippen molar-refractivity contribution in [3.05, 3.63) is 64.7 Å². The molecule has 0 aromatic heterocycles. The van der Waals surface area contributed by atoms with E-state index in [9.17, 15) is 9.59 Å². The molecule has 0 radical (unpaired) electrons. The minimum Gasteiger partial charge on any atom is -0.497 e. The Labute approximate surface area is 196 Å². The van der Waals surface area contributed by atoms with Crippen molar-refractivity contribution in [2.75, 3.05) is 19.4 Å². The van der Waals surface area contributed by atoms with E-state index >= 15 is 0 Å². The van der Waals surface area contributed by atoms with E-state index in [1.54, 1.807) is 23.8 Å². The lowest BCUT2D eigenvalue weighted by Crippen LogP contribution is -2.49. The molecule has 0 spiro atoms. The van der Waals surface area contributed by atoms with Crippen molar-refractivity contribution in [2.45, 2.75) is 58.9 Å². The molecule has 0 aliphatic rings. The molecule has 32 heavy (non-hydrogen) atoms. The molecule has 5 nitrogen and oxygen atoms in total. The van der Waals surface area contributed by atoms with E-state index in [1.165, 1.54) is 16.7 Å². The molecule has 0 bridgehead atoms. The van der Waals surface area contributed by atoms with E-state index in [0.29, 0.717) is 25.3 Å². The summed E-state index contributed by atoms with van der Waals surface area (Å²) in [4.78, 5) is 27.8. The number of methoxy groups -OCH3 is 1. The Morgan fingerprint density at radius 1 is 1.06 bits per heavy atom. The van der Waals surface area contributed by atoms with E-state index in [2.05, 4.69) is 37.4 Å². The minimum atomic E-state index is -0.498. The summed E-state index contributed by atoms with van der Waals surface area (Å²) in [5.74, 6) is 1.71. The van der Waals surface area contributed by atoms with Gasteiger partial charge in [0.25, 0.3) is 0 Å². The summed E-state index contributed by atoms with van der Waals surface area (Å²) in [5.41, 5.74) is 4.61. The van der Waals surface area contributed by atoms with Crippen LogP contribution in [-0.2, 0) is 21.9 Å². The van der Waals surface area contributed by atoms with E-state index < -0.39 is 6.04 Å².